The van der Waals surface area contributed by atoms with Crippen LogP contribution in [0.3, 0.4) is 0 Å². The van der Waals surface area contributed by atoms with Gasteiger partial charge in [0.05, 0.1) is 11.1 Å². The minimum atomic E-state index is -0.763. The summed E-state index contributed by atoms with van der Waals surface area (Å²) in [4.78, 5) is 15.0. The van der Waals surface area contributed by atoms with Gasteiger partial charge >= 0.3 is 0 Å². The number of nitrogens with zero attached hydrogens (tertiary/aromatic N) is 2. The number of hydrogen-bond acceptors (Lipinski definition) is 5. The summed E-state index contributed by atoms with van der Waals surface area (Å²) >= 11 is 0. The van der Waals surface area contributed by atoms with Crippen molar-refractivity contribution in [3.63, 3.8) is 0 Å². The van der Waals surface area contributed by atoms with E-state index in [1.165, 1.54) is 12.1 Å². The molecule has 0 radical (unpaired) electrons. The maximum absolute atomic E-state index is 11.0. The Bertz CT molecular complexity index is 1290. The van der Waals surface area contributed by atoms with Crippen LogP contribution in [0.5, 0.6) is 0 Å². The summed E-state index contributed by atoms with van der Waals surface area (Å²) in [6.45, 7) is 0. The molecule has 6 nitrogen and oxygen atoms in total. The fraction of sp³-hybridized carbons (Fsp3) is 0.0357. The molecule has 0 spiro atoms. The Morgan fingerprint density at radius 3 is 1.62 bits per heavy atom. The molecule has 6 heteroatoms. The molecule has 0 aliphatic carbocycles. The van der Waals surface area contributed by atoms with E-state index >= 15 is 0 Å². The monoisotopic (exact) mass is 447 g/mol. The number of oxazole rings is 1. The molecule has 166 valence electrons. The van der Waals surface area contributed by atoms with E-state index in [9.17, 15) is 10.1 Å². The summed E-state index contributed by atoms with van der Waals surface area (Å²) in [6.07, 6.45) is 1.62. The Balaban J connectivity index is 1.62. The van der Waals surface area contributed by atoms with Crippen LogP contribution in [0.4, 0.5) is 11.7 Å². The van der Waals surface area contributed by atoms with Gasteiger partial charge in [0.2, 0.25) is 0 Å². The molecule has 5 rings (SSSR count). The number of nitro benzene ring substituents is 1. The fourth-order valence-electron chi connectivity index (χ4n) is 4.15. The lowest BCUT2D eigenvalue weighted by atomic mass is 9.77. The van der Waals surface area contributed by atoms with Gasteiger partial charge in [-0.2, -0.15) is 0 Å². The first-order valence-corrected chi connectivity index (χ1v) is 10.8. The smallest absolute Gasteiger partial charge is 0.296 e. The van der Waals surface area contributed by atoms with E-state index in [1.54, 1.807) is 18.3 Å². The van der Waals surface area contributed by atoms with Crippen LogP contribution in [0.1, 0.15) is 16.7 Å². The van der Waals surface area contributed by atoms with E-state index in [0.717, 1.165) is 16.7 Å². The normalized spacial score (nSPS) is 11.2. The van der Waals surface area contributed by atoms with Crippen molar-refractivity contribution < 1.29 is 9.34 Å². The summed E-state index contributed by atoms with van der Waals surface area (Å²) in [5.74, 6) is 0.514. The number of nitro groups is 1. The third-order valence-electron chi connectivity index (χ3n) is 5.78. The predicted octanol–water partition coefficient (Wildman–Crippen LogP) is 6.65. The molecule has 0 saturated carbocycles. The van der Waals surface area contributed by atoms with Crippen molar-refractivity contribution in [3.8, 4) is 11.3 Å². The lowest BCUT2D eigenvalue weighted by Gasteiger charge is -2.36. The number of rotatable bonds is 7. The molecule has 0 amide bonds. The van der Waals surface area contributed by atoms with Crippen LogP contribution in [-0.2, 0) is 5.54 Å². The van der Waals surface area contributed by atoms with Gasteiger partial charge in [0.25, 0.3) is 11.7 Å². The molecule has 1 aromatic heterocycles. The molecule has 0 bridgehead atoms. The van der Waals surface area contributed by atoms with Gasteiger partial charge in [-0.15, -0.1) is 0 Å². The minimum absolute atomic E-state index is 0.0258. The molecule has 0 fully saturated rings. The van der Waals surface area contributed by atoms with Crippen molar-refractivity contribution in [2.45, 2.75) is 5.54 Å². The number of hydrogen-bond donors (Lipinski definition) is 1. The van der Waals surface area contributed by atoms with Gasteiger partial charge in [-0.25, -0.2) is 4.98 Å². The Hall–Kier alpha value is -4.71. The van der Waals surface area contributed by atoms with Crippen molar-refractivity contribution in [2.24, 2.45) is 0 Å². The number of non-ortho nitro benzene ring substituents is 1. The van der Waals surface area contributed by atoms with Crippen molar-refractivity contribution >= 4 is 11.7 Å². The van der Waals surface area contributed by atoms with Gasteiger partial charge < -0.3 is 9.73 Å². The van der Waals surface area contributed by atoms with E-state index in [-0.39, 0.29) is 5.69 Å². The predicted molar refractivity (Wildman–Crippen MR) is 131 cm³/mol. The van der Waals surface area contributed by atoms with Crippen molar-refractivity contribution in [3.05, 3.63) is 148 Å². The molecule has 1 N–H and O–H groups in total. The number of nitrogens with one attached hydrogen (secondary N) is 1. The van der Waals surface area contributed by atoms with Crippen molar-refractivity contribution in [2.75, 3.05) is 5.32 Å². The minimum Gasteiger partial charge on any atom is -0.424 e. The number of anilines is 1. The van der Waals surface area contributed by atoms with Gasteiger partial charge in [0.15, 0.2) is 5.76 Å². The maximum Gasteiger partial charge on any atom is 0.296 e. The van der Waals surface area contributed by atoms with Gasteiger partial charge in [0, 0.05) is 17.7 Å². The summed E-state index contributed by atoms with van der Waals surface area (Å²) in [5, 5.41) is 14.5. The van der Waals surface area contributed by atoms with E-state index < -0.39 is 10.5 Å². The van der Waals surface area contributed by atoms with Gasteiger partial charge in [-0.1, -0.05) is 91.0 Å². The topological polar surface area (TPSA) is 81.2 Å². The molecule has 0 saturated heterocycles. The highest BCUT2D eigenvalue weighted by atomic mass is 16.6. The zero-order valence-electron chi connectivity index (χ0n) is 18.2. The van der Waals surface area contributed by atoms with Crippen LogP contribution in [-0.4, -0.2) is 9.91 Å². The third kappa shape index (κ3) is 3.93. The van der Waals surface area contributed by atoms with Crippen LogP contribution >= 0.6 is 0 Å². The SMILES string of the molecule is O=[N+]([O-])c1ccc(-c2cnc(NC(c3ccccc3)(c3ccccc3)c3ccccc3)o2)cc1. The van der Waals surface area contributed by atoms with E-state index in [2.05, 4.69) is 46.7 Å². The molecular formula is C28H21N3O3. The van der Waals surface area contributed by atoms with Crippen LogP contribution in [0.15, 0.2) is 126 Å². The van der Waals surface area contributed by atoms with Crippen LogP contribution in [0, 0.1) is 10.1 Å². The van der Waals surface area contributed by atoms with E-state index in [4.69, 9.17) is 4.42 Å². The maximum atomic E-state index is 11.0. The fourth-order valence-corrected chi connectivity index (χ4v) is 4.15. The van der Waals surface area contributed by atoms with E-state index in [1.807, 2.05) is 54.6 Å². The average Bonchev–Trinajstić information content (AvgIpc) is 3.37. The lowest BCUT2D eigenvalue weighted by Crippen LogP contribution is -2.38. The van der Waals surface area contributed by atoms with E-state index in [0.29, 0.717) is 17.3 Å². The second-order valence-electron chi connectivity index (χ2n) is 7.81. The standard InChI is InChI=1S/C28H21N3O3/c32-31(33)25-18-16-21(17-19-25)26-20-29-27(34-26)30-28(22-10-4-1-5-11-22,23-12-6-2-7-13-23)24-14-8-3-9-15-24/h1-20H,(H,29,30). The highest BCUT2D eigenvalue weighted by Gasteiger charge is 2.37. The number of benzene rings is 4. The average molecular weight is 447 g/mol. The zero-order valence-corrected chi connectivity index (χ0v) is 18.2. The molecule has 0 unspecified atom stereocenters. The van der Waals surface area contributed by atoms with Crippen LogP contribution < -0.4 is 5.32 Å². The molecular weight excluding hydrogens is 426 g/mol. The Kier molecular flexibility index (Phi) is 5.62. The first kappa shape index (κ1) is 21.2. The van der Waals surface area contributed by atoms with Crippen molar-refractivity contribution in [1.82, 2.24) is 4.98 Å². The van der Waals surface area contributed by atoms with Gasteiger partial charge in [-0.05, 0) is 28.8 Å². The Morgan fingerprint density at radius 2 is 1.18 bits per heavy atom. The van der Waals surface area contributed by atoms with Crippen LogP contribution in [0.25, 0.3) is 11.3 Å². The molecule has 0 atom stereocenters. The third-order valence-corrected chi connectivity index (χ3v) is 5.78. The second-order valence-corrected chi connectivity index (χ2v) is 7.81. The number of aromatic nitrogens is 1. The lowest BCUT2D eigenvalue weighted by molar-refractivity contribution is -0.384. The van der Waals surface area contributed by atoms with Crippen LogP contribution in [0.2, 0.25) is 0 Å². The molecule has 1 heterocycles. The summed E-state index contributed by atoms with van der Waals surface area (Å²) in [6, 6.07) is 37.0. The quantitative estimate of drug-likeness (QED) is 0.171. The Labute approximate surface area is 196 Å². The molecule has 5 aromatic rings. The summed E-state index contributed by atoms with van der Waals surface area (Å²) in [7, 11) is 0. The summed E-state index contributed by atoms with van der Waals surface area (Å²) in [5.41, 5.74) is 3.06. The molecule has 4 aromatic carbocycles. The highest BCUT2D eigenvalue weighted by Crippen LogP contribution is 2.40. The van der Waals surface area contributed by atoms with Crippen molar-refractivity contribution in [1.29, 1.82) is 0 Å². The summed E-state index contributed by atoms with van der Waals surface area (Å²) < 4.78 is 6.10. The first-order chi connectivity index (χ1) is 16.7. The largest absolute Gasteiger partial charge is 0.424 e. The van der Waals surface area contributed by atoms with Gasteiger partial charge in [-0.3, -0.25) is 10.1 Å². The molecule has 34 heavy (non-hydrogen) atoms. The Morgan fingerprint density at radius 1 is 0.706 bits per heavy atom. The highest BCUT2D eigenvalue weighted by molar-refractivity contribution is 5.61. The zero-order chi connectivity index (χ0) is 23.4. The van der Waals surface area contributed by atoms with Gasteiger partial charge in [0.1, 0.15) is 5.54 Å². The molecule has 0 aliphatic heterocycles. The molecule has 0 aliphatic rings. The second kappa shape index (κ2) is 9.03. The first-order valence-electron chi connectivity index (χ1n) is 10.8.